The van der Waals surface area contributed by atoms with Crippen LogP contribution in [0.3, 0.4) is 0 Å². The largest absolute Gasteiger partial charge is 0.368 e. The van der Waals surface area contributed by atoms with Crippen LogP contribution in [0.25, 0.3) is 0 Å². The van der Waals surface area contributed by atoms with Crippen LogP contribution in [-0.4, -0.2) is 37.0 Å². The van der Waals surface area contributed by atoms with Crippen molar-refractivity contribution < 1.29 is 9.59 Å². The SMILES string of the molecule is NCCC[C@H](NC(=O)[C@@H](N)CCCN)C(N)=O. The molecule has 0 saturated carbocycles. The molecule has 0 saturated heterocycles. The van der Waals surface area contributed by atoms with E-state index in [1.54, 1.807) is 0 Å². The number of nitrogens with one attached hydrogen (secondary N) is 1. The summed E-state index contributed by atoms with van der Waals surface area (Å²) in [6.07, 6.45) is 2.20. The molecule has 17 heavy (non-hydrogen) atoms. The molecule has 0 fully saturated rings. The van der Waals surface area contributed by atoms with Gasteiger partial charge in [-0.05, 0) is 38.8 Å². The predicted octanol–water partition coefficient (Wildman–Crippen LogP) is -2.24. The van der Waals surface area contributed by atoms with Crippen LogP contribution in [0, 0.1) is 0 Å². The molecule has 9 N–H and O–H groups in total. The third kappa shape index (κ3) is 6.88. The quantitative estimate of drug-likeness (QED) is 0.311. The Balaban J connectivity index is 4.15. The zero-order chi connectivity index (χ0) is 13.3. The van der Waals surface area contributed by atoms with Gasteiger partial charge in [-0.3, -0.25) is 9.59 Å². The zero-order valence-electron chi connectivity index (χ0n) is 10.0. The lowest BCUT2D eigenvalue weighted by molar-refractivity contribution is -0.128. The Kier molecular flexibility index (Phi) is 8.29. The van der Waals surface area contributed by atoms with Gasteiger partial charge in [-0.15, -0.1) is 0 Å². The Labute approximate surface area is 101 Å². The lowest BCUT2D eigenvalue weighted by Crippen LogP contribution is -2.50. The van der Waals surface area contributed by atoms with Crippen LogP contribution < -0.4 is 28.3 Å². The summed E-state index contributed by atoms with van der Waals surface area (Å²) in [7, 11) is 0. The molecule has 7 heteroatoms. The second-order valence-electron chi connectivity index (χ2n) is 3.93. The van der Waals surface area contributed by atoms with Crippen LogP contribution in [0.1, 0.15) is 25.7 Å². The summed E-state index contributed by atoms with van der Waals surface area (Å²) in [5.74, 6) is -0.947. The molecule has 100 valence electrons. The molecule has 2 atom stereocenters. The van der Waals surface area contributed by atoms with E-state index in [0.717, 1.165) is 0 Å². The molecule has 0 aliphatic heterocycles. The summed E-state index contributed by atoms with van der Waals surface area (Å²) in [4.78, 5) is 22.7. The van der Waals surface area contributed by atoms with Gasteiger partial charge in [0.15, 0.2) is 0 Å². The van der Waals surface area contributed by atoms with Gasteiger partial charge in [0.1, 0.15) is 6.04 Å². The Bertz CT molecular complexity index is 247. The van der Waals surface area contributed by atoms with Crippen LogP contribution in [0.4, 0.5) is 0 Å². The molecule has 0 aliphatic carbocycles. The van der Waals surface area contributed by atoms with E-state index in [-0.39, 0.29) is 5.91 Å². The van der Waals surface area contributed by atoms with Gasteiger partial charge in [-0.1, -0.05) is 0 Å². The fourth-order valence-corrected chi connectivity index (χ4v) is 1.36. The molecule has 0 rings (SSSR count). The number of nitrogens with two attached hydrogens (primary N) is 4. The maximum Gasteiger partial charge on any atom is 0.240 e. The van der Waals surface area contributed by atoms with Crippen molar-refractivity contribution >= 4 is 11.8 Å². The number of rotatable bonds is 9. The summed E-state index contributed by atoms with van der Waals surface area (Å²) in [6, 6.07) is -1.35. The average molecular weight is 245 g/mol. The number of amides is 2. The van der Waals surface area contributed by atoms with Crippen molar-refractivity contribution in [3.8, 4) is 0 Å². The first-order valence-corrected chi connectivity index (χ1v) is 5.78. The van der Waals surface area contributed by atoms with Crippen molar-refractivity contribution in [2.75, 3.05) is 13.1 Å². The zero-order valence-corrected chi connectivity index (χ0v) is 10.0. The molecule has 0 aromatic heterocycles. The molecule has 7 nitrogen and oxygen atoms in total. The molecular formula is C10H23N5O2. The first kappa shape index (κ1) is 15.8. The van der Waals surface area contributed by atoms with E-state index < -0.39 is 18.0 Å². The minimum atomic E-state index is -0.699. The number of hydrogen-bond acceptors (Lipinski definition) is 5. The average Bonchev–Trinajstić information content (AvgIpc) is 2.30. The fraction of sp³-hybridized carbons (Fsp3) is 0.800. The van der Waals surface area contributed by atoms with Crippen LogP contribution in [-0.2, 0) is 9.59 Å². The lowest BCUT2D eigenvalue weighted by Gasteiger charge is -2.18. The van der Waals surface area contributed by atoms with Gasteiger partial charge in [-0.25, -0.2) is 0 Å². The Morgan fingerprint density at radius 2 is 1.59 bits per heavy atom. The van der Waals surface area contributed by atoms with Crippen molar-refractivity contribution in [3.05, 3.63) is 0 Å². The third-order valence-corrected chi connectivity index (χ3v) is 2.41. The number of carbonyl (C=O) groups excluding carboxylic acids is 2. The number of hydrogen-bond donors (Lipinski definition) is 5. The highest BCUT2D eigenvalue weighted by atomic mass is 16.2. The van der Waals surface area contributed by atoms with Gasteiger partial charge >= 0.3 is 0 Å². The monoisotopic (exact) mass is 245 g/mol. The van der Waals surface area contributed by atoms with E-state index >= 15 is 0 Å². The molecule has 0 heterocycles. The summed E-state index contributed by atoms with van der Waals surface area (Å²) >= 11 is 0. The Morgan fingerprint density at radius 1 is 1.06 bits per heavy atom. The van der Waals surface area contributed by atoms with E-state index in [1.807, 2.05) is 0 Å². The first-order valence-electron chi connectivity index (χ1n) is 5.78. The fourth-order valence-electron chi connectivity index (χ4n) is 1.36. The van der Waals surface area contributed by atoms with Crippen LogP contribution in [0.2, 0.25) is 0 Å². The summed E-state index contributed by atoms with van der Waals surface area (Å²) in [6.45, 7) is 0.923. The smallest absolute Gasteiger partial charge is 0.240 e. The van der Waals surface area contributed by atoms with E-state index in [4.69, 9.17) is 22.9 Å². The van der Waals surface area contributed by atoms with Crippen LogP contribution >= 0.6 is 0 Å². The standard InChI is InChI=1S/C10H23N5O2/c11-5-1-3-7(13)10(17)15-8(9(14)16)4-2-6-12/h7-8H,1-6,11-13H2,(H2,14,16)(H,15,17)/t7-,8-/m0/s1. The molecule has 2 amide bonds. The topological polar surface area (TPSA) is 150 Å². The maximum atomic E-state index is 11.6. The highest BCUT2D eigenvalue weighted by Crippen LogP contribution is 1.98. The normalized spacial score (nSPS) is 14.1. The maximum absolute atomic E-state index is 11.6. The van der Waals surface area contributed by atoms with Crippen molar-refractivity contribution in [2.45, 2.75) is 37.8 Å². The van der Waals surface area contributed by atoms with E-state index in [2.05, 4.69) is 5.32 Å². The van der Waals surface area contributed by atoms with Gasteiger partial charge < -0.3 is 28.3 Å². The molecule has 0 unspecified atom stereocenters. The second-order valence-corrected chi connectivity index (χ2v) is 3.93. The van der Waals surface area contributed by atoms with Crippen LogP contribution in [0.5, 0.6) is 0 Å². The Morgan fingerprint density at radius 3 is 2.06 bits per heavy atom. The summed E-state index contributed by atoms with van der Waals surface area (Å²) < 4.78 is 0. The van der Waals surface area contributed by atoms with Gasteiger partial charge in [0, 0.05) is 0 Å². The molecule has 0 radical (unpaired) electrons. The molecule has 0 bridgehead atoms. The van der Waals surface area contributed by atoms with Gasteiger partial charge in [0.25, 0.3) is 0 Å². The van der Waals surface area contributed by atoms with Crippen molar-refractivity contribution in [1.29, 1.82) is 0 Å². The van der Waals surface area contributed by atoms with E-state index in [1.165, 1.54) is 0 Å². The number of primary amides is 1. The van der Waals surface area contributed by atoms with Gasteiger partial charge in [-0.2, -0.15) is 0 Å². The van der Waals surface area contributed by atoms with Crippen LogP contribution in [0.15, 0.2) is 0 Å². The van der Waals surface area contributed by atoms with Gasteiger partial charge in [0.05, 0.1) is 6.04 Å². The van der Waals surface area contributed by atoms with Crippen molar-refractivity contribution in [2.24, 2.45) is 22.9 Å². The molecule has 0 spiro atoms. The third-order valence-electron chi connectivity index (χ3n) is 2.41. The highest BCUT2D eigenvalue weighted by Gasteiger charge is 2.20. The summed E-state index contributed by atoms with van der Waals surface area (Å²) in [5.41, 5.74) is 21.5. The molecular weight excluding hydrogens is 222 g/mol. The molecule has 0 aliphatic rings. The highest BCUT2D eigenvalue weighted by molar-refractivity contribution is 5.88. The van der Waals surface area contributed by atoms with E-state index in [9.17, 15) is 9.59 Å². The summed E-state index contributed by atoms with van der Waals surface area (Å²) in [5, 5.41) is 2.53. The molecule has 0 aromatic carbocycles. The predicted molar refractivity (Wildman–Crippen MR) is 65.7 cm³/mol. The van der Waals surface area contributed by atoms with Gasteiger partial charge in [0.2, 0.25) is 11.8 Å². The molecule has 0 aromatic rings. The number of carbonyl (C=O) groups is 2. The van der Waals surface area contributed by atoms with E-state index in [0.29, 0.717) is 38.8 Å². The lowest BCUT2D eigenvalue weighted by atomic mass is 10.1. The second kappa shape index (κ2) is 8.91. The Hall–Kier alpha value is -1.18. The first-order chi connectivity index (χ1) is 8.02. The van der Waals surface area contributed by atoms with Crippen molar-refractivity contribution in [1.82, 2.24) is 5.32 Å². The minimum absolute atomic E-state index is 0.376. The van der Waals surface area contributed by atoms with Crippen molar-refractivity contribution in [3.63, 3.8) is 0 Å². The minimum Gasteiger partial charge on any atom is -0.368 e.